The molecule has 120 valence electrons. The van der Waals surface area contributed by atoms with Crippen LogP contribution in [0.2, 0.25) is 0 Å². The van der Waals surface area contributed by atoms with E-state index in [4.69, 9.17) is 4.74 Å². The van der Waals surface area contributed by atoms with E-state index in [1.54, 1.807) is 0 Å². The Morgan fingerprint density at radius 2 is 2.09 bits per heavy atom. The minimum absolute atomic E-state index is 0.0815. The average molecular weight is 303 g/mol. The van der Waals surface area contributed by atoms with Crippen LogP contribution in [-0.4, -0.2) is 41.2 Å². The molecule has 1 aromatic carbocycles. The van der Waals surface area contributed by atoms with E-state index in [-0.39, 0.29) is 11.8 Å². The van der Waals surface area contributed by atoms with Crippen LogP contribution in [0.15, 0.2) is 30.3 Å². The van der Waals surface area contributed by atoms with Crippen molar-refractivity contribution >= 4 is 5.91 Å². The first-order valence-corrected chi connectivity index (χ1v) is 8.27. The number of likely N-dealkylation sites (tertiary alicyclic amines) is 1. The molecule has 1 amide bonds. The molecule has 0 bridgehead atoms. The highest BCUT2D eigenvalue weighted by atomic mass is 16.5. The van der Waals surface area contributed by atoms with Crippen LogP contribution in [0.5, 0.6) is 5.75 Å². The molecule has 2 aliphatic rings. The van der Waals surface area contributed by atoms with E-state index in [2.05, 4.69) is 6.92 Å². The van der Waals surface area contributed by atoms with Crippen molar-refractivity contribution in [2.45, 2.75) is 38.2 Å². The highest BCUT2D eigenvalue weighted by Crippen LogP contribution is 2.44. The van der Waals surface area contributed by atoms with E-state index in [1.165, 1.54) is 6.42 Å². The Kier molecular flexibility index (Phi) is 4.39. The molecule has 0 radical (unpaired) electrons. The highest BCUT2D eigenvalue weighted by molar-refractivity contribution is 5.76. The van der Waals surface area contributed by atoms with Crippen molar-refractivity contribution in [2.24, 2.45) is 11.8 Å². The molecule has 0 unspecified atom stereocenters. The minimum Gasteiger partial charge on any atom is -0.493 e. The Hall–Kier alpha value is -1.55. The summed E-state index contributed by atoms with van der Waals surface area (Å²) in [5.41, 5.74) is -0.672. The zero-order valence-electron chi connectivity index (χ0n) is 13.2. The molecule has 1 saturated carbocycles. The summed E-state index contributed by atoms with van der Waals surface area (Å²) in [4.78, 5) is 14.1. The van der Waals surface area contributed by atoms with E-state index >= 15 is 0 Å². The molecule has 0 aromatic heterocycles. The van der Waals surface area contributed by atoms with Gasteiger partial charge in [0.2, 0.25) is 5.91 Å². The number of β-amino-alcohol motifs (C(OH)–C–C–N with tert-alkyl or cyclic N) is 1. The molecule has 4 nitrogen and oxygen atoms in total. The number of ether oxygens (including phenoxy) is 1. The SMILES string of the molecule is C[C@@H]1CN(C(=O)CCOc2ccccc2)C[C@@]1(O)C1CCC1. The fraction of sp³-hybridized carbons (Fsp3) is 0.611. The first-order chi connectivity index (χ1) is 10.6. The zero-order valence-corrected chi connectivity index (χ0v) is 13.2. The number of hydrogen-bond acceptors (Lipinski definition) is 3. The van der Waals surface area contributed by atoms with Crippen LogP contribution in [0.25, 0.3) is 0 Å². The number of carbonyl (C=O) groups excluding carboxylic acids is 1. The molecule has 1 saturated heterocycles. The minimum atomic E-state index is -0.672. The number of carbonyl (C=O) groups is 1. The summed E-state index contributed by atoms with van der Waals surface area (Å²) in [5, 5.41) is 10.9. The molecule has 1 heterocycles. The van der Waals surface area contributed by atoms with Crippen LogP contribution in [-0.2, 0) is 4.79 Å². The van der Waals surface area contributed by atoms with Crippen molar-refractivity contribution in [3.05, 3.63) is 30.3 Å². The van der Waals surface area contributed by atoms with Gasteiger partial charge in [0, 0.05) is 19.0 Å². The first kappa shape index (κ1) is 15.3. The second kappa shape index (κ2) is 6.29. The lowest BCUT2D eigenvalue weighted by molar-refractivity contribution is -0.132. The molecule has 1 N–H and O–H groups in total. The first-order valence-electron chi connectivity index (χ1n) is 8.27. The summed E-state index contributed by atoms with van der Waals surface area (Å²) >= 11 is 0. The third kappa shape index (κ3) is 2.98. The van der Waals surface area contributed by atoms with Crippen molar-refractivity contribution in [2.75, 3.05) is 19.7 Å². The molecule has 2 fully saturated rings. The number of aliphatic hydroxyl groups is 1. The van der Waals surface area contributed by atoms with Crippen LogP contribution < -0.4 is 4.74 Å². The summed E-state index contributed by atoms with van der Waals surface area (Å²) in [6.45, 7) is 3.60. The Labute approximate surface area is 132 Å². The molecular weight excluding hydrogens is 278 g/mol. The van der Waals surface area contributed by atoms with Crippen molar-refractivity contribution in [3.8, 4) is 5.75 Å². The van der Waals surface area contributed by atoms with Gasteiger partial charge in [0.05, 0.1) is 18.6 Å². The van der Waals surface area contributed by atoms with Gasteiger partial charge < -0.3 is 14.7 Å². The van der Waals surface area contributed by atoms with Crippen LogP contribution in [0, 0.1) is 11.8 Å². The number of benzene rings is 1. The largest absolute Gasteiger partial charge is 0.493 e. The van der Waals surface area contributed by atoms with Gasteiger partial charge in [0.1, 0.15) is 5.75 Å². The van der Waals surface area contributed by atoms with Gasteiger partial charge in [-0.05, 0) is 30.9 Å². The summed E-state index contributed by atoms with van der Waals surface area (Å²) in [7, 11) is 0. The van der Waals surface area contributed by atoms with Gasteiger partial charge in [-0.3, -0.25) is 4.79 Å². The molecule has 1 aliphatic carbocycles. The maximum Gasteiger partial charge on any atom is 0.226 e. The number of para-hydroxylation sites is 1. The smallest absolute Gasteiger partial charge is 0.226 e. The van der Waals surface area contributed by atoms with Crippen molar-refractivity contribution in [1.29, 1.82) is 0 Å². The highest BCUT2D eigenvalue weighted by Gasteiger charge is 2.50. The molecule has 1 aliphatic heterocycles. The van der Waals surface area contributed by atoms with Gasteiger partial charge in [-0.15, -0.1) is 0 Å². The predicted octanol–water partition coefficient (Wildman–Crippen LogP) is 2.47. The lowest BCUT2D eigenvalue weighted by atomic mass is 9.69. The fourth-order valence-corrected chi connectivity index (χ4v) is 3.58. The maximum absolute atomic E-state index is 12.3. The van der Waals surface area contributed by atoms with Gasteiger partial charge in [-0.25, -0.2) is 0 Å². The van der Waals surface area contributed by atoms with E-state index in [0.717, 1.165) is 18.6 Å². The summed E-state index contributed by atoms with van der Waals surface area (Å²) in [5.74, 6) is 1.41. The van der Waals surface area contributed by atoms with Gasteiger partial charge in [0.15, 0.2) is 0 Å². The molecule has 22 heavy (non-hydrogen) atoms. The van der Waals surface area contributed by atoms with Crippen LogP contribution in [0.3, 0.4) is 0 Å². The normalized spacial score (nSPS) is 28.5. The third-order valence-electron chi connectivity index (χ3n) is 5.28. The number of amides is 1. The average Bonchev–Trinajstić information content (AvgIpc) is 2.74. The molecule has 0 spiro atoms. The van der Waals surface area contributed by atoms with Gasteiger partial charge >= 0.3 is 0 Å². The maximum atomic E-state index is 12.3. The Balaban J connectivity index is 1.49. The predicted molar refractivity (Wildman–Crippen MR) is 84.6 cm³/mol. The quantitative estimate of drug-likeness (QED) is 0.909. The molecular formula is C18H25NO3. The topological polar surface area (TPSA) is 49.8 Å². The number of rotatable bonds is 5. The molecule has 3 rings (SSSR count). The van der Waals surface area contributed by atoms with Crippen LogP contribution >= 0.6 is 0 Å². The summed E-state index contributed by atoms with van der Waals surface area (Å²) in [6, 6.07) is 9.54. The second-order valence-electron chi connectivity index (χ2n) is 6.71. The van der Waals surface area contributed by atoms with E-state index in [1.807, 2.05) is 35.2 Å². The summed E-state index contributed by atoms with van der Waals surface area (Å²) in [6.07, 6.45) is 3.76. The Morgan fingerprint density at radius 1 is 1.36 bits per heavy atom. The van der Waals surface area contributed by atoms with E-state index < -0.39 is 5.60 Å². The lowest BCUT2D eigenvalue weighted by Gasteiger charge is -2.41. The summed E-state index contributed by atoms with van der Waals surface area (Å²) < 4.78 is 5.58. The molecule has 4 heteroatoms. The zero-order chi connectivity index (χ0) is 15.6. The Bertz CT molecular complexity index is 514. The van der Waals surface area contributed by atoms with Crippen LogP contribution in [0.1, 0.15) is 32.6 Å². The van der Waals surface area contributed by atoms with Gasteiger partial charge in [-0.1, -0.05) is 31.5 Å². The van der Waals surface area contributed by atoms with Crippen molar-refractivity contribution in [1.82, 2.24) is 4.90 Å². The monoisotopic (exact) mass is 303 g/mol. The standard InChI is InChI=1S/C18H25NO3/c1-14-12-19(13-18(14,21)15-6-5-7-15)17(20)10-11-22-16-8-3-2-4-9-16/h2-4,8-9,14-15,21H,5-7,10-13H2,1H3/t14-,18+/m1/s1. The van der Waals surface area contributed by atoms with Gasteiger partial charge in [-0.2, -0.15) is 0 Å². The second-order valence-corrected chi connectivity index (χ2v) is 6.71. The molecule has 1 aromatic rings. The molecule has 2 atom stereocenters. The van der Waals surface area contributed by atoms with Crippen molar-refractivity contribution < 1.29 is 14.6 Å². The Morgan fingerprint density at radius 3 is 2.73 bits per heavy atom. The van der Waals surface area contributed by atoms with E-state index in [0.29, 0.717) is 32.0 Å². The van der Waals surface area contributed by atoms with Gasteiger partial charge in [0.25, 0.3) is 0 Å². The number of hydrogen-bond donors (Lipinski definition) is 1. The number of nitrogens with zero attached hydrogens (tertiary/aromatic N) is 1. The fourth-order valence-electron chi connectivity index (χ4n) is 3.58. The van der Waals surface area contributed by atoms with Crippen LogP contribution in [0.4, 0.5) is 0 Å². The third-order valence-corrected chi connectivity index (χ3v) is 5.28. The lowest BCUT2D eigenvalue weighted by Crippen LogP contribution is -2.48. The van der Waals surface area contributed by atoms with Crippen molar-refractivity contribution in [3.63, 3.8) is 0 Å². The van der Waals surface area contributed by atoms with E-state index in [9.17, 15) is 9.90 Å².